The van der Waals surface area contributed by atoms with Crippen LogP contribution in [-0.2, 0) is 11.3 Å². The van der Waals surface area contributed by atoms with E-state index in [1.807, 2.05) is 44.2 Å². The molecule has 0 saturated heterocycles. The second-order valence-electron chi connectivity index (χ2n) is 7.32. The predicted molar refractivity (Wildman–Crippen MR) is 122 cm³/mol. The molecule has 9 heteroatoms. The predicted octanol–water partition coefficient (Wildman–Crippen LogP) is 4.10. The van der Waals surface area contributed by atoms with Crippen LogP contribution in [0.4, 0.5) is 5.88 Å². The van der Waals surface area contributed by atoms with Gasteiger partial charge < -0.3 is 24.5 Å². The molecule has 0 aliphatic heterocycles. The van der Waals surface area contributed by atoms with Crippen LogP contribution < -0.4 is 15.2 Å². The van der Waals surface area contributed by atoms with E-state index in [9.17, 15) is 4.79 Å². The number of methoxy groups -OCH3 is 2. The zero-order valence-corrected chi connectivity index (χ0v) is 18.8. The molecule has 4 rings (SSSR count). The van der Waals surface area contributed by atoms with Crippen molar-refractivity contribution in [1.29, 1.82) is 0 Å². The second kappa shape index (κ2) is 9.07. The molecule has 0 bridgehead atoms. The van der Waals surface area contributed by atoms with E-state index in [0.29, 0.717) is 28.3 Å². The van der Waals surface area contributed by atoms with Crippen molar-refractivity contribution in [3.05, 3.63) is 71.0 Å². The Morgan fingerprint density at radius 2 is 1.85 bits per heavy atom. The van der Waals surface area contributed by atoms with E-state index in [0.717, 1.165) is 11.4 Å². The van der Waals surface area contributed by atoms with Crippen molar-refractivity contribution >= 4 is 11.9 Å². The van der Waals surface area contributed by atoms with Crippen LogP contribution in [0, 0.1) is 13.8 Å². The average Bonchev–Trinajstić information content (AvgIpc) is 3.35. The maximum Gasteiger partial charge on any atom is 0.346 e. The third kappa shape index (κ3) is 4.12. The van der Waals surface area contributed by atoms with Crippen LogP contribution in [0.1, 0.15) is 27.3 Å². The Morgan fingerprint density at radius 1 is 1.09 bits per heavy atom. The van der Waals surface area contributed by atoms with Crippen molar-refractivity contribution in [3.8, 4) is 28.4 Å². The summed E-state index contributed by atoms with van der Waals surface area (Å²) < 4.78 is 23.1. The summed E-state index contributed by atoms with van der Waals surface area (Å²) in [6, 6.07) is 14.9. The standard InChI is InChI=1S/C24H24N4O5/c1-14-20(15(2)28(26-14)17-8-6-5-7-9-17)22-21(23(25)33-27-22)24(29)32-13-16-10-11-18(30-3)12-19(16)31-4/h5-12H,13,25H2,1-4H3. The summed E-state index contributed by atoms with van der Waals surface area (Å²) in [5, 5.41) is 8.66. The Morgan fingerprint density at radius 3 is 2.55 bits per heavy atom. The Bertz CT molecular complexity index is 1290. The number of hydrogen-bond donors (Lipinski definition) is 1. The van der Waals surface area contributed by atoms with Crippen molar-refractivity contribution in [2.75, 3.05) is 20.0 Å². The number of esters is 1. The number of para-hydroxylation sites is 1. The zero-order chi connectivity index (χ0) is 23.5. The molecule has 33 heavy (non-hydrogen) atoms. The number of anilines is 1. The monoisotopic (exact) mass is 448 g/mol. The van der Waals surface area contributed by atoms with Crippen LogP contribution in [-0.4, -0.2) is 35.1 Å². The van der Waals surface area contributed by atoms with Gasteiger partial charge in [-0.15, -0.1) is 0 Å². The molecule has 0 amide bonds. The first-order valence-corrected chi connectivity index (χ1v) is 10.2. The lowest BCUT2D eigenvalue weighted by Crippen LogP contribution is -2.09. The van der Waals surface area contributed by atoms with Crippen LogP contribution in [0.15, 0.2) is 53.1 Å². The Kier molecular flexibility index (Phi) is 6.03. The summed E-state index contributed by atoms with van der Waals surface area (Å²) >= 11 is 0. The Balaban J connectivity index is 1.64. The van der Waals surface area contributed by atoms with E-state index in [4.69, 9.17) is 24.5 Å². The number of aromatic nitrogens is 3. The number of rotatable bonds is 7. The number of nitrogens with two attached hydrogens (primary N) is 1. The summed E-state index contributed by atoms with van der Waals surface area (Å²) in [7, 11) is 3.10. The summed E-state index contributed by atoms with van der Waals surface area (Å²) in [6.07, 6.45) is 0. The van der Waals surface area contributed by atoms with E-state index >= 15 is 0 Å². The van der Waals surface area contributed by atoms with Crippen LogP contribution in [0.2, 0.25) is 0 Å². The number of aryl methyl sites for hydroxylation is 1. The highest BCUT2D eigenvalue weighted by Gasteiger charge is 2.28. The van der Waals surface area contributed by atoms with Gasteiger partial charge in [0.15, 0.2) is 5.56 Å². The zero-order valence-electron chi connectivity index (χ0n) is 18.8. The third-order valence-corrected chi connectivity index (χ3v) is 5.30. The fourth-order valence-electron chi connectivity index (χ4n) is 3.66. The smallest absolute Gasteiger partial charge is 0.346 e. The van der Waals surface area contributed by atoms with Crippen molar-refractivity contribution in [2.45, 2.75) is 20.5 Å². The molecule has 0 spiro atoms. The topological polar surface area (TPSA) is 115 Å². The molecular weight excluding hydrogens is 424 g/mol. The number of benzene rings is 2. The molecule has 0 aliphatic rings. The van der Waals surface area contributed by atoms with Gasteiger partial charge in [0.1, 0.15) is 23.8 Å². The highest BCUT2D eigenvalue weighted by Crippen LogP contribution is 2.34. The maximum atomic E-state index is 13.0. The number of nitrogens with zero attached hydrogens (tertiary/aromatic N) is 3. The van der Waals surface area contributed by atoms with Crippen LogP contribution in [0.25, 0.3) is 16.9 Å². The lowest BCUT2D eigenvalue weighted by molar-refractivity contribution is 0.0472. The van der Waals surface area contributed by atoms with Gasteiger partial charge in [0.25, 0.3) is 0 Å². The van der Waals surface area contributed by atoms with Crippen molar-refractivity contribution in [1.82, 2.24) is 14.9 Å². The minimum atomic E-state index is -0.659. The van der Waals surface area contributed by atoms with E-state index in [1.165, 1.54) is 7.11 Å². The maximum absolute atomic E-state index is 13.0. The Labute approximate surface area is 190 Å². The molecule has 0 atom stereocenters. The number of nitrogen functional groups attached to an aromatic ring is 1. The lowest BCUT2D eigenvalue weighted by atomic mass is 10.1. The quantitative estimate of drug-likeness (QED) is 0.420. The van der Waals surface area contributed by atoms with E-state index in [2.05, 4.69) is 10.3 Å². The first kappa shape index (κ1) is 21.9. The molecule has 2 aromatic carbocycles. The van der Waals surface area contributed by atoms with Gasteiger partial charge in [-0.1, -0.05) is 23.4 Å². The average molecular weight is 448 g/mol. The minimum absolute atomic E-state index is 0.0305. The normalized spacial score (nSPS) is 10.8. The lowest BCUT2D eigenvalue weighted by Gasteiger charge is -2.11. The van der Waals surface area contributed by atoms with Crippen LogP contribution in [0.5, 0.6) is 11.5 Å². The Hall–Kier alpha value is -4.27. The summed E-state index contributed by atoms with van der Waals surface area (Å²) in [5.74, 6) is 0.390. The number of carbonyl (C=O) groups is 1. The van der Waals surface area contributed by atoms with Gasteiger partial charge in [-0.3, -0.25) is 0 Å². The fourth-order valence-corrected chi connectivity index (χ4v) is 3.66. The van der Waals surface area contributed by atoms with Crippen LogP contribution >= 0.6 is 0 Å². The van der Waals surface area contributed by atoms with Gasteiger partial charge >= 0.3 is 5.97 Å². The van der Waals surface area contributed by atoms with Crippen LogP contribution in [0.3, 0.4) is 0 Å². The van der Waals surface area contributed by atoms with Crippen molar-refractivity contribution in [2.24, 2.45) is 0 Å². The van der Waals surface area contributed by atoms with Gasteiger partial charge in [0.05, 0.1) is 31.3 Å². The summed E-state index contributed by atoms with van der Waals surface area (Å²) in [5.41, 5.74) is 9.99. The first-order chi connectivity index (χ1) is 15.9. The van der Waals surface area contributed by atoms with E-state index in [1.54, 1.807) is 30.0 Å². The molecule has 2 aromatic heterocycles. The molecule has 170 valence electrons. The first-order valence-electron chi connectivity index (χ1n) is 10.2. The highest BCUT2D eigenvalue weighted by atomic mass is 16.5. The van der Waals surface area contributed by atoms with E-state index < -0.39 is 5.97 Å². The molecule has 2 N–H and O–H groups in total. The van der Waals surface area contributed by atoms with Crippen molar-refractivity contribution in [3.63, 3.8) is 0 Å². The molecule has 9 nitrogen and oxygen atoms in total. The summed E-state index contributed by atoms with van der Waals surface area (Å²) in [4.78, 5) is 13.0. The number of carbonyl (C=O) groups excluding carboxylic acids is 1. The SMILES string of the molecule is COc1ccc(COC(=O)c2c(-c3c(C)nn(-c4ccccc4)c3C)noc2N)c(OC)c1. The van der Waals surface area contributed by atoms with Gasteiger partial charge in [0, 0.05) is 17.2 Å². The van der Waals surface area contributed by atoms with Gasteiger partial charge in [-0.25, -0.2) is 9.48 Å². The molecule has 0 unspecified atom stereocenters. The molecule has 2 heterocycles. The molecule has 0 radical (unpaired) electrons. The number of ether oxygens (including phenoxy) is 3. The van der Waals surface area contributed by atoms with E-state index in [-0.39, 0.29) is 23.7 Å². The minimum Gasteiger partial charge on any atom is -0.497 e. The molecule has 4 aromatic rings. The van der Waals surface area contributed by atoms with Gasteiger partial charge in [-0.2, -0.15) is 5.10 Å². The van der Waals surface area contributed by atoms with Gasteiger partial charge in [0.2, 0.25) is 5.88 Å². The number of hydrogen-bond acceptors (Lipinski definition) is 8. The highest BCUT2D eigenvalue weighted by molar-refractivity contribution is 6.00. The van der Waals surface area contributed by atoms with Gasteiger partial charge in [-0.05, 0) is 38.1 Å². The molecular formula is C24H24N4O5. The summed E-state index contributed by atoms with van der Waals surface area (Å²) in [6.45, 7) is 3.70. The molecule has 0 fully saturated rings. The molecule has 0 saturated carbocycles. The third-order valence-electron chi connectivity index (χ3n) is 5.30. The molecule has 0 aliphatic carbocycles. The second-order valence-corrected chi connectivity index (χ2v) is 7.32. The largest absolute Gasteiger partial charge is 0.497 e. The fraction of sp³-hybridized carbons (Fsp3) is 0.208. The van der Waals surface area contributed by atoms with Crippen molar-refractivity contribution < 1.29 is 23.5 Å².